The number of aryl methyl sites for hydroxylation is 1. The third kappa shape index (κ3) is 8.48. The highest BCUT2D eigenvalue weighted by Crippen LogP contribution is 2.21. The highest BCUT2D eigenvalue weighted by molar-refractivity contribution is 5.79. The standard InChI is InChI=1S/C22H37N3O3/c1-4-23-22(24-11-6-12-27-17-19-9-13-26-14-10-19)25-16-20-8-7-18(3)15-21(20)28-5-2/h7-8,15,19H,4-6,9-14,16-17H2,1-3H3,(H2,23,24,25). The van der Waals surface area contributed by atoms with Crippen LogP contribution in [0, 0.1) is 12.8 Å². The van der Waals surface area contributed by atoms with Crippen molar-refractivity contribution >= 4 is 5.96 Å². The van der Waals surface area contributed by atoms with Crippen LogP contribution in [0.15, 0.2) is 23.2 Å². The van der Waals surface area contributed by atoms with Crippen molar-refractivity contribution in [3.63, 3.8) is 0 Å². The number of nitrogens with one attached hydrogen (secondary N) is 2. The van der Waals surface area contributed by atoms with E-state index in [0.29, 0.717) is 19.1 Å². The van der Waals surface area contributed by atoms with E-state index in [1.807, 2.05) is 6.92 Å². The molecule has 0 aromatic heterocycles. The van der Waals surface area contributed by atoms with E-state index < -0.39 is 0 Å². The molecule has 1 aliphatic rings. The highest BCUT2D eigenvalue weighted by Gasteiger charge is 2.13. The maximum atomic E-state index is 5.83. The second-order valence-electron chi connectivity index (χ2n) is 7.15. The van der Waals surface area contributed by atoms with E-state index in [1.54, 1.807) is 0 Å². The Morgan fingerprint density at radius 1 is 1.21 bits per heavy atom. The molecule has 0 bridgehead atoms. The maximum Gasteiger partial charge on any atom is 0.191 e. The number of benzene rings is 1. The van der Waals surface area contributed by atoms with Gasteiger partial charge in [-0.2, -0.15) is 0 Å². The molecule has 0 saturated carbocycles. The number of aliphatic imine (C=N–C) groups is 1. The van der Waals surface area contributed by atoms with Crippen molar-refractivity contribution in [1.29, 1.82) is 0 Å². The molecule has 2 rings (SSSR count). The molecule has 0 radical (unpaired) electrons. The van der Waals surface area contributed by atoms with Crippen LogP contribution in [0.3, 0.4) is 0 Å². The van der Waals surface area contributed by atoms with Gasteiger partial charge in [-0.3, -0.25) is 0 Å². The first kappa shape index (κ1) is 22.5. The summed E-state index contributed by atoms with van der Waals surface area (Å²) < 4.78 is 17.0. The molecule has 6 nitrogen and oxygen atoms in total. The lowest BCUT2D eigenvalue weighted by molar-refractivity contribution is 0.0203. The molecule has 6 heteroatoms. The molecule has 1 fully saturated rings. The zero-order valence-electron chi connectivity index (χ0n) is 17.8. The Bertz CT molecular complexity index is 586. The Morgan fingerprint density at radius 2 is 2.04 bits per heavy atom. The number of nitrogens with zero attached hydrogens (tertiary/aromatic N) is 1. The predicted molar refractivity (Wildman–Crippen MR) is 114 cm³/mol. The van der Waals surface area contributed by atoms with E-state index in [2.05, 4.69) is 42.7 Å². The normalized spacial score (nSPS) is 15.5. The summed E-state index contributed by atoms with van der Waals surface area (Å²) in [5, 5.41) is 6.69. The van der Waals surface area contributed by atoms with Crippen LogP contribution >= 0.6 is 0 Å². The molecule has 1 aromatic carbocycles. The summed E-state index contributed by atoms with van der Waals surface area (Å²) in [6, 6.07) is 6.27. The summed E-state index contributed by atoms with van der Waals surface area (Å²) >= 11 is 0. The Labute approximate surface area is 170 Å². The van der Waals surface area contributed by atoms with Gasteiger partial charge in [0, 0.05) is 45.1 Å². The van der Waals surface area contributed by atoms with Gasteiger partial charge in [-0.05, 0) is 57.6 Å². The summed E-state index contributed by atoms with van der Waals surface area (Å²) in [7, 11) is 0. The fraction of sp³-hybridized carbons (Fsp3) is 0.682. The molecule has 2 N–H and O–H groups in total. The molecule has 0 amide bonds. The van der Waals surface area contributed by atoms with E-state index in [1.165, 1.54) is 5.56 Å². The van der Waals surface area contributed by atoms with Crippen LogP contribution in [0.5, 0.6) is 5.75 Å². The molecule has 28 heavy (non-hydrogen) atoms. The van der Waals surface area contributed by atoms with E-state index in [0.717, 1.165) is 76.1 Å². The first-order chi connectivity index (χ1) is 13.7. The van der Waals surface area contributed by atoms with Gasteiger partial charge in [0.25, 0.3) is 0 Å². The number of hydrogen-bond donors (Lipinski definition) is 2. The predicted octanol–water partition coefficient (Wildman–Crippen LogP) is 3.28. The number of ether oxygens (including phenoxy) is 3. The molecule has 0 atom stereocenters. The van der Waals surface area contributed by atoms with Crippen molar-refractivity contribution in [3.8, 4) is 5.75 Å². The first-order valence-corrected chi connectivity index (χ1v) is 10.6. The van der Waals surface area contributed by atoms with Crippen LogP contribution < -0.4 is 15.4 Å². The van der Waals surface area contributed by atoms with Crippen molar-refractivity contribution in [2.24, 2.45) is 10.9 Å². The summed E-state index contributed by atoms with van der Waals surface area (Å²) in [6.45, 7) is 12.5. The molecule has 0 aliphatic carbocycles. The lowest BCUT2D eigenvalue weighted by Gasteiger charge is -2.21. The quantitative estimate of drug-likeness (QED) is 0.344. The van der Waals surface area contributed by atoms with Gasteiger partial charge in [0.2, 0.25) is 0 Å². The molecule has 1 aliphatic heterocycles. The van der Waals surface area contributed by atoms with E-state index in [-0.39, 0.29) is 0 Å². The number of hydrogen-bond acceptors (Lipinski definition) is 4. The largest absolute Gasteiger partial charge is 0.494 e. The van der Waals surface area contributed by atoms with Crippen molar-refractivity contribution in [2.45, 2.75) is 46.6 Å². The maximum absolute atomic E-state index is 5.83. The van der Waals surface area contributed by atoms with Crippen molar-refractivity contribution in [1.82, 2.24) is 10.6 Å². The summed E-state index contributed by atoms with van der Waals surface area (Å²) in [4.78, 5) is 4.71. The Balaban J connectivity index is 1.72. The van der Waals surface area contributed by atoms with E-state index in [4.69, 9.17) is 19.2 Å². The Morgan fingerprint density at radius 3 is 2.79 bits per heavy atom. The third-order valence-electron chi connectivity index (χ3n) is 4.73. The molecular weight excluding hydrogens is 354 g/mol. The smallest absolute Gasteiger partial charge is 0.191 e. The van der Waals surface area contributed by atoms with Gasteiger partial charge < -0.3 is 24.8 Å². The average molecular weight is 392 g/mol. The van der Waals surface area contributed by atoms with Gasteiger partial charge in [0.15, 0.2) is 5.96 Å². The number of rotatable bonds is 11. The van der Waals surface area contributed by atoms with Crippen LogP contribution in [0.1, 0.15) is 44.2 Å². The lowest BCUT2D eigenvalue weighted by Crippen LogP contribution is -2.38. The molecule has 0 unspecified atom stereocenters. The Hall–Kier alpha value is -1.79. The molecule has 1 saturated heterocycles. The fourth-order valence-corrected chi connectivity index (χ4v) is 3.13. The minimum Gasteiger partial charge on any atom is -0.494 e. The summed E-state index contributed by atoms with van der Waals surface area (Å²) in [5.74, 6) is 2.41. The van der Waals surface area contributed by atoms with Crippen molar-refractivity contribution in [3.05, 3.63) is 29.3 Å². The van der Waals surface area contributed by atoms with Gasteiger partial charge in [-0.1, -0.05) is 12.1 Å². The van der Waals surface area contributed by atoms with Crippen LogP contribution in [-0.2, 0) is 16.0 Å². The highest BCUT2D eigenvalue weighted by atomic mass is 16.5. The molecular formula is C22H37N3O3. The SMILES string of the molecule is CCNC(=NCc1ccc(C)cc1OCC)NCCCOCC1CCOCC1. The van der Waals surface area contributed by atoms with E-state index >= 15 is 0 Å². The first-order valence-electron chi connectivity index (χ1n) is 10.6. The van der Waals surface area contributed by atoms with Gasteiger partial charge in [-0.15, -0.1) is 0 Å². The van der Waals surface area contributed by atoms with Crippen molar-refractivity contribution in [2.75, 3.05) is 46.1 Å². The molecule has 158 valence electrons. The van der Waals surface area contributed by atoms with Crippen LogP contribution in [0.4, 0.5) is 0 Å². The third-order valence-corrected chi connectivity index (χ3v) is 4.73. The molecule has 0 spiro atoms. The molecule has 1 heterocycles. The number of guanidine groups is 1. The van der Waals surface area contributed by atoms with Crippen molar-refractivity contribution < 1.29 is 14.2 Å². The minimum absolute atomic E-state index is 0.588. The summed E-state index contributed by atoms with van der Waals surface area (Å²) in [5.41, 5.74) is 2.30. The zero-order chi connectivity index (χ0) is 20.0. The topological polar surface area (TPSA) is 64.1 Å². The second-order valence-corrected chi connectivity index (χ2v) is 7.15. The van der Waals surface area contributed by atoms with Gasteiger partial charge in [0.1, 0.15) is 5.75 Å². The zero-order valence-corrected chi connectivity index (χ0v) is 17.8. The summed E-state index contributed by atoms with van der Waals surface area (Å²) in [6.07, 6.45) is 3.21. The van der Waals surface area contributed by atoms with Gasteiger partial charge >= 0.3 is 0 Å². The van der Waals surface area contributed by atoms with Crippen LogP contribution in [0.25, 0.3) is 0 Å². The monoisotopic (exact) mass is 391 g/mol. The van der Waals surface area contributed by atoms with Crippen LogP contribution in [-0.4, -0.2) is 52.1 Å². The lowest BCUT2D eigenvalue weighted by atomic mass is 10.0. The second kappa shape index (κ2) is 13.4. The van der Waals surface area contributed by atoms with Gasteiger partial charge in [0.05, 0.1) is 13.2 Å². The fourth-order valence-electron chi connectivity index (χ4n) is 3.13. The van der Waals surface area contributed by atoms with Crippen LogP contribution in [0.2, 0.25) is 0 Å². The van der Waals surface area contributed by atoms with E-state index in [9.17, 15) is 0 Å². The Kier molecular flexibility index (Phi) is 10.8. The van der Waals surface area contributed by atoms with Gasteiger partial charge in [-0.25, -0.2) is 4.99 Å². The molecule has 1 aromatic rings. The minimum atomic E-state index is 0.588. The average Bonchev–Trinajstić information content (AvgIpc) is 2.70.